The summed E-state index contributed by atoms with van der Waals surface area (Å²) in [6.07, 6.45) is 18.7. The van der Waals surface area contributed by atoms with Crippen LogP contribution in [-0.4, -0.2) is 12.0 Å². The van der Waals surface area contributed by atoms with Gasteiger partial charge in [-0.1, -0.05) is 71.6 Å². The zero-order valence-electron chi connectivity index (χ0n) is 18.0. The van der Waals surface area contributed by atoms with Crippen molar-refractivity contribution in [3.05, 3.63) is 0 Å². The van der Waals surface area contributed by atoms with Crippen molar-refractivity contribution < 1.29 is 9.18 Å². The Labute approximate surface area is 167 Å². The van der Waals surface area contributed by atoms with Gasteiger partial charge in [0.05, 0.1) is 10.8 Å². The predicted molar refractivity (Wildman–Crippen MR) is 112 cm³/mol. The Morgan fingerprint density at radius 2 is 1.22 bits per heavy atom. The maximum absolute atomic E-state index is 15.5. The highest BCUT2D eigenvalue weighted by Crippen LogP contribution is 2.65. The highest BCUT2D eigenvalue weighted by Gasteiger charge is 2.71. The van der Waals surface area contributed by atoms with Gasteiger partial charge in [0, 0.05) is 0 Å². The third-order valence-electron chi connectivity index (χ3n) is 8.53. The van der Waals surface area contributed by atoms with Gasteiger partial charge in [-0.2, -0.15) is 0 Å². The van der Waals surface area contributed by atoms with Gasteiger partial charge in [-0.25, -0.2) is 4.39 Å². The lowest BCUT2D eigenvalue weighted by atomic mass is 9.41. The molecule has 2 spiro atoms. The number of Topliss-reactive ketones (excluding diaryl/α,β-unsaturated/α-hetero) is 1. The van der Waals surface area contributed by atoms with Gasteiger partial charge in [0.1, 0.15) is 6.17 Å². The SMILES string of the molecule is CCCCCCCCC1CCC2(CC1)C(=O)C1(CCC(CCC)CC1)[C@H]2F. The van der Waals surface area contributed by atoms with E-state index < -0.39 is 17.0 Å². The molecular weight excluding hydrogens is 335 g/mol. The average Bonchev–Trinajstić information content (AvgIpc) is 2.71. The van der Waals surface area contributed by atoms with E-state index >= 15 is 4.39 Å². The standard InChI is InChI=1S/C25H43FO/c1-3-5-6-7-8-9-11-21-14-18-25(19-15-21)22(26)24(23(25)27)16-12-20(10-4-2)13-17-24/h20-22H,3-19H2,1-2H3/t20?,21?,22-,24?,25?/m1/s1. The molecule has 3 aliphatic carbocycles. The van der Waals surface area contributed by atoms with E-state index in [0.29, 0.717) is 5.78 Å². The van der Waals surface area contributed by atoms with Gasteiger partial charge in [-0.3, -0.25) is 4.79 Å². The lowest BCUT2D eigenvalue weighted by Crippen LogP contribution is -2.69. The topological polar surface area (TPSA) is 17.1 Å². The molecular formula is C25H43FO. The predicted octanol–water partition coefficient (Wildman–Crippen LogP) is 7.81. The number of hydrogen-bond acceptors (Lipinski definition) is 1. The van der Waals surface area contributed by atoms with Gasteiger partial charge in [0.2, 0.25) is 0 Å². The first-order valence-corrected chi connectivity index (χ1v) is 12.3. The molecule has 0 amide bonds. The molecule has 0 aromatic heterocycles. The lowest BCUT2D eigenvalue weighted by molar-refractivity contribution is -0.193. The van der Waals surface area contributed by atoms with Crippen molar-refractivity contribution in [2.45, 2.75) is 129 Å². The second kappa shape index (κ2) is 9.40. The molecule has 0 N–H and O–H groups in total. The minimum atomic E-state index is -0.838. The van der Waals surface area contributed by atoms with Crippen molar-refractivity contribution in [3.63, 3.8) is 0 Å². The van der Waals surface area contributed by atoms with Crippen LogP contribution < -0.4 is 0 Å². The maximum Gasteiger partial charge on any atom is 0.151 e. The third kappa shape index (κ3) is 4.15. The maximum atomic E-state index is 15.5. The highest BCUT2D eigenvalue weighted by atomic mass is 19.1. The van der Waals surface area contributed by atoms with Gasteiger partial charge in [0.25, 0.3) is 0 Å². The molecule has 1 nitrogen and oxygen atoms in total. The number of hydrogen-bond donors (Lipinski definition) is 0. The Balaban J connectivity index is 1.42. The van der Waals surface area contributed by atoms with E-state index in [1.54, 1.807) is 0 Å². The lowest BCUT2D eigenvalue weighted by Gasteiger charge is -2.61. The molecule has 0 heterocycles. The second-order valence-electron chi connectivity index (χ2n) is 10.2. The fourth-order valence-electron chi connectivity index (χ4n) is 6.72. The van der Waals surface area contributed by atoms with Crippen molar-refractivity contribution in [2.24, 2.45) is 22.7 Å². The summed E-state index contributed by atoms with van der Waals surface area (Å²) in [6.45, 7) is 4.49. The second-order valence-corrected chi connectivity index (χ2v) is 10.2. The Morgan fingerprint density at radius 1 is 0.741 bits per heavy atom. The van der Waals surface area contributed by atoms with Gasteiger partial charge in [-0.05, 0) is 63.2 Å². The van der Waals surface area contributed by atoms with Crippen LogP contribution in [0.2, 0.25) is 0 Å². The van der Waals surface area contributed by atoms with Crippen molar-refractivity contribution in [2.75, 3.05) is 0 Å². The summed E-state index contributed by atoms with van der Waals surface area (Å²) >= 11 is 0. The molecule has 3 rings (SSSR count). The van der Waals surface area contributed by atoms with Gasteiger partial charge < -0.3 is 0 Å². The minimum absolute atomic E-state index is 0.343. The molecule has 2 heteroatoms. The number of unbranched alkanes of at least 4 members (excludes halogenated alkanes) is 5. The summed E-state index contributed by atoms with van der Waals surface area (Å²) in [5, 5.41) is 0. The molecule has 1 atom stereocenters. The van der Waals surface area contributed by atoms with E-state index in [1.165, 1.54) is 57.8 Å². The van der Waals surface area contributed by atoms with E-state index in [-0.39, 0.29) is 0 Å². The molecule has 0 unspecified atom stereocenters. The van der Waals surface area contributed by atoms with Crippen LogP contribution in [0.4, 0.5) is 4.39 Å². The first kappa shape index (κ1) is 21.3. The van der Waals surface area contributed by atoms with Crippen molar-refractivity contribution >= 4 is 5.78 Å². The molecule has 3 aliphatic rings. The van der Waals surface area contributed by atoms with E-state index in [4.69, 9.17) is 0 Å². The summed E-state index contributed by atoms with van der Waals surface area (Å²) < 4.78 is 15.5. The molecule has 0 bridgehead atoms. The number of carbonyl (C=O) groups is 1. The van der Waals surface area contributed by atoms with Crippen LogP contribution in [0.15, 0.2) is 0 Å². The highest BCUT2D eigenvalue weighted by molar-refractivity contribution is 5.98. The van der Waals surface area contributed by atoms with E-state index in [0.717, 1.165) is 63.2 Å². The van der Waals surface area contributed by atoms with Crippen LogP contribution in [0.3, 0.4) is 0 Å². The fraction of sp³-hybridized carbons (Fsp3) is 0.960. The Morgan fingerprint density at radius 3 is 1.70 bits per heavy atom. The van der Waals surface area contributed by atoms with Gasteiger partial charge in [0.15, 0.2) is 5.78 Å². The summed E-state index contributed by atoms with van der Waals surface area (Å²) in [5.74, 6) is 1.83. The molecule has 0 aromatic rings. The Kier molecular flexibility index (Phi) is 7.42. The van der Waals surface area contributed by atoms with Crippen molar-refractivity contribution in [3.8, 4) is 0 Å². The minimum Gasteiger partial charge on any atom is -0.298 e. The zero-order chi connectivity index (χ0) is 19.3. The van der Waals surface area contributed by atoms with Gasteiger partial charge in [-0.15, -0.1) is 0 Å². The van der Waals surface area contributed by atoms with Crippen LogP contribution >= 0.6 is 0 Å². The number of rotatable bonds is 9. The number of alkyl halides is 1. The first-order chi connectivity index (χ1) is 13.1. The summed E-state index contributed by atoms with van der Waals surface area (Å²) in [5.41, 5.74) is -1.12. The zero-order valence-corrected chi connectivity index (χ0v) is 18.0. The van der Waals surface area contributed by atoms with Crippen molar-refractivity contribution in [1.82, 2.24) is 0 Å². The fourth-order valence-corrected chi connectivity index (χ4v) is 6.72. The average molecular weight is 379 g/mol. The normalized spacial score (nSPS) is 39.1. The summed E-state index contributed by atoms with van der Waals surface area (Å²) in [6, 6.07) is 0. The number of halogens is 1. The van der Waals surface area contributed by atoms with Crippen LogP contribution in [0.25, 0.3) is 0 Å². The molecule has 0 aliphatic heterocycles. The van der Waals surface area contributed by atoms with Crippen LogP contribution in [0.5, 0.6) is 0 Å². The molecule has 0 saturated heterocycles. The number of ketones is 1. The van der Waals surface area contributed by atoms with Crippen LogP contribution in [0, 0.1) is 22.7 Å². The van der Waals surface area contributed by atoms with E-state index in [2.05, 4.69) is 13.8 Å². The van der Waals surface area contributed by atoms with Crippen molar-refractivity contribution in [1.29, 1.82) is 0 Å². The monoisotopic (exact) mass is 378 g/mol. The Hall–Kier alpha value is -0.400. The summed E-state index contributed by atoms with van der Waals surface area (Å²) in [7, 11) is 0. The molecule has 156 valence electrons. The van der Waals surface area contributed by atoms with Gasteiger partial charge >= 0.3 is 0 Å². The largest absolute Gasteiger partial charge is 0.298 e. The molecule has 3 saturated carbocycles. The van der Waals surface area contributed by atoms with Crippen LogP contribution in [-0.2, 0) is 4.79 Å². The third-order valence-corrected chi connectivity index (χ3v) is 8.53. The molecule has 3 fully saturated rings. The quantitative estimate of drug-likeness (QED) is 0.374. The Bertz CT molecular complexity index is 469. The molecule has 0 radical (unpaired) electrons. The first-order valence-electron chi connectivity index (χ1n) is 12.3. The molecule has 27 heavy (non-hydrogen) atoms. The van der Waals surface area contributed by atoms with E-state index in [9.17, 15) is 4.79 Å². The summed E-state index contributed by atoms with van der Waals surface area (Å²) in [4.78, 5) is 13.2. The number of carbonyl (C=O) groups excluding carboxylic acids is 1. The van der Waals surface area contributed by atoms with E-state index in [1.807, 2.05) is 0 Å². The smallest absolute Gasteiger partial charge is 0.151 e. The van der Waals surface area contributed by atoms with Crippen LogP contribution in [0.1, 0.15) is 123 Å². The molecule has 0 aromatic carbocycles.